The number of rotatable bonds is 5. The van der Waals surface area contributed by atoms with Gasteiger partial charge in [-0.3, -0.25) is 0 Å². The van der Waals surface area contributed by atoms with Crippen molar-refractivity contribution < 1.29 is 0 Å². The lowest BCUT2D eigenvalue weighted by atomic mass is 10.0. The van der Waals surface area contributed by atoms with E-state index in [1.807, 2.05) is 11.3 Å². The molecule has 0 fully saturated rings. The van der Waals surface area contributed by atoms with Crippen LogP contribution in [0.2, 0.25) is 0 Å². The highest BCUT2D eigenvalue weighted by Gasteiger charge is 2.16. The molecular formula is C11H18BrNS. The Balaban J connectivity index is 2.67. The van der Waals surface area contributed by atoms with E-state index in [9.17, 15) is 0 Å². The van der Waals surface area contributed by atoms with E-state index in [4.69, 9.17) is 0 Å². The number of hydrogen-bond donors (Lipinski definition) is 1. The van der Waals surface area contributed by atoms with Crippen LogP contribution in [0.5, 0.6) is 0 Å². The molecule has 1 nitrogen and oxygen atoms in total. The number of thiophene rings is 1. The molecule has 1 atom stereocenters. The summed E-state index contributed by atoms with van der Waals surface area (Å²) in [5.41, 5.74) is 0. The summed E-state index contributed by atoms with van der Waals surface area (Å²) in [6.45, 7) is 7.83. The zero-order valence-corrected chi connectivity index (χ0v) is 11.4. The Morgan fingerprint density at radius 2 is 2.14 bits per heavy atom. The van der Waals surface area contributed by atoms with Crippen LogP contribution >= 0.6 is 27.3 Å². The predicted molar refractivity (Wildman–Crippen MR) is 67.9 cm³/mol. The van der Waals surface area contributed by atoms with Gasteiger partial charge in [-0.15, -0.1) is 11.3 Å². The summed E-state index contributed by atoms with van der Waals surface area (Å²) in [4.78, 5) is 1.43. The van der Waals surface area contributed by atoms with E-state index in [-0.39, 0.29) is 0 Å². The lowest BCUT2D eigenvalue weighted by Gasteiger charge is -2.20. The lowest BCUT2D eigenvalue weighted by molar-refractivity contribution is 0.418. The number of hydrogen-bond acceptors (Lipinski definition) is 2. The highest BCUT2D eigenvalue weighted by atomic mass is 79.9. The summed E-state index contributed by atoms with van der Waals surface area (Å²) in [7, 11) is 0. The summed E-state index contributed by atoms with van der Waals surface area (Å²) in [6.07, 6.45) is 1.19. The zero-order valence-electron chi connectivity index (χ0n) is 9.01. The van der Waals surface area contributed by atoms with Crippen LogP contribution in [-0.2, 0) is 0 Å². The summed E-state index contributed by atoms with van der Waals surface area (Å²) in [5, 5.41) is 3.59. The fourth-order valence-electron chi connectivity index (χ4n) is 1.46. The Hall–Kier alpha value is 0.140. The van der Waals surface area contributed by atoms with Gasteiger partial charge in [0, 0.05) is 10.9 Å². The molecule has 1 heterocycles. The van der Waals surface area contributed by atoms with E-state index in [0.717, 1.165) is 6.54 Å². The van der Waals surface area contributed by atoms with E-state index in [2.05, 4.69) is 54.2 Å². The maximum Gasteiger partial charge on any atom is 0.0701 e. The molecule has 0 saturated heterocycles. The molecule has 0 radical (unpaired) electrons. The molecule has 80 valence electrons. The average molecular weight is 276 g/mol. The van der Waals surface area contributed by atoms with Gasteiger partial charge >= 0.3 is 0 Å². The van der Waals surface area contributed by atoms with Crippen molar-refractivity contribution in [3.8, 4) is 0 Å². The average Bonchev–Trinajstić information content (AvgIpc) is 2.52. The smallest absolute Gasteiger partial charge is 0.0701 e. The molecule has 1 unspecified atom stereocenters. The van der Waals surface area contributed by atoms with Crippen molar-refractivity contribution in [2.24, 2.45) is 5.92 Å². The standard InChI is InChI=1S/C11H18BrNS/c1-4-7-13-11(8(2)3)9-5-6-10(12)14-9/h5-6,8,11,13H,4,7H2,1-3H3. The minimum absolute atomic E-state index is 0.506. The van der Waals surface area contributed by atoms with Crippen LogP contribution in [0, 0.1) is 5.92 Å². The van der Waals surface area contributed by atoms with Crippen LogP contribution in [0.1, 0.15) is 38.1 Å². The topological polar surface area (TPSA) is 12.0 Å². The first-order valence-corrected chi connectivity index (χ1v) is 6.74. The first-order valence-electron chi connectivity index (χ1n) is 5.13. The van der Waals surface area contributed by atoms with Crippen LogP contribution in [0.25, 0.3) is 0 Å². The van der Waals surface area contributed by atoms with Gasteiger partial charge in [-0.05, 0) is 46.9 Å². The van der Waals surface area contributed by atoms with Crippen molar-refractivity contribution in [1.29, 1.82) is 0 Å². The molecule has 0 aliphatic heterocycles. The van der Waals surface area contributed by atoms with Gasteiger partial charge in [0.25, 0.3) is 0 Å². The molecule has 0 aliphatic carbocycles. The van der Waals surface area contributed by atoms with Crippen LogP contribution in [0.4, 0.5) is 0 Å². The molecular weight excluding hydrogens is 258 g/mol. The lowest BCUT2D eigenvalue weighted by Crippen LogP contribution is -2.25. The molecule has 0 bridgehead atoms. The van der Waals surface area contributed by atoms with Crippen molar-refractivity contribution in [1.82, 2.24) is 5.32 Å². The van der Waals surface area contributed by atoms with Crippen molar-refractivity contribution >= 4 is 27.3 Å². The zero-order chi connectivity index (χ0) is 10.6. The van der Waals surface area contributed by atoms with E-state index in [1.54, 1.807) is 0 Å². The van der Waals surface area contributed by atoms with Gasteiger partial charge in [-0.1, -0.05) is 20.8 Å². The molecule has 3 heteroatoms. The SMILES string of the molecule is CCCNC(c1ccc(Br)s1)C(C)C. The molecule has 1 aromatic rings. The normalized spacial score (nSPS) is 13.5. The second kappa shape index (κ2) is 5.89. The van der Waals surface area contributed by atoms with Crippen molar-refractivity contribution in [3.05, 3.63) is 20.8 Å². The third-order valence-corrected chi connectivity index (χ3v) is 3.89. The minimum Gasteiger partial charge on any atom is -0.309 e. The second-order valence-electron chi connectivity index (χ2n) is 3.82. The van der Waals surface area contributed by atoms with Gasteiger partial charge in [0.15, 0.2) is 0 Å². The third-order valence-electron chi connectivity index (χ3n) is 2.18. The Bertz CT molecular complexity index is 270. The summed E-state index contributed by atoms with van der Waals surface area (Å²) in [6, 6.07) is 4.84. The van der Waals surface area contributed by atoms with Gasteiger partial charge in [0.2, 0.25) is 0 Å². The van der Waals surface area contributed by atoms with Gasteiger partial charge < -0.3 is 5.32 Å². The first-order chi connectivity index (χ1) is 6.65. The maximum absolute atomic E-state index is 3.59. The van der Waals surface area contributed by atoms with Crippen LogP contribution in [0.3, 0.4) is 0 Å². The minimum atomic E-state index is 0.506. The molecule has 0 aromatic carbocycles. The van der Waals surface area contributed by atoms with E-state index in [0.29, 0.717) is 12.0 Å². The molecule has 0 spiro atoms. The van der Waals surface area contributed by atoms with Crippen LogP contribution in [-0.4, -0.2) is 6.54 Å². The molecule has 1 rings (SSSR count). The Morgan fingerprint density at radius 1 is 1.43 bits per heavy atom. The Kier molecular flexibility index (Phi) is 5.13. The Labute approximate surface area is 99.0 Å². The molecule has 0 aliphatic rings. The van der Waals surface area contributed by atoms with Crippen LogP contribution < -0.4 is 5.32 Å². The van der Waals surface area contributed by atoms with Crippen molar-refractivity contribution in [3.63, 3.8) is 0 Å². The van der Waals surface area contributed by atoms with Crippen molar-refractivity contribution in [2.75, 3.05) is 6.54 Å². The molecule has 0 amide bonds. The van der Waals surface area contributed by atoms with E-state index < -0.39 is 0 Å². The molecule has 1 aromatic heterocycles. The van der Waals surface area contributed by atoms with Gasteiger partial charge in [-0.2, -0.15) is 0 Å². The number of nitrogens with one attached hydrogen (secondary N) is 1. The fraction of sp³-hybridized carbons (Fsp3) is 0.636. The van der Waals surface area contributed by atoms with Crippen molar-refractivity contribution in [2.45, 2.75) is 33.2 Å². The third kappa shape index (κ3) is 3.37. The van der Waals surface area contributed by atoms with Gasteiger partial charge in [-0.25, -0.2) is 0 Å². The van der Waals surface area contributed by atoms with Gasteiger partial charge in [0.05, 0.1) is 3.79 Å². The molecule has 14 heavy (non-hydrogen) atoms. The summed E-state index contributed by atoms with van der Waals surface area (Å²) >= 11 is 5.34. The molecule has 0 saturated carbocycles. The fourth-order valence-corrected chi connectivity index (χ4v) is 3.13. The predicted octanol–water partition coefficient (Wildman–Crippen LogP) is 4.21. The molecule has 1 N–H and O–H groups in total. The van der Waals surface area contributed by atoms with E-state index in [1.165, 1.54) is 15.1 Å². The van der Waals surface area contributed by atoms with Crippen LogP contribution in [0.15, 0.2) is 15.9 Å². The van der Waals surface area contributed by atoms with Gasteiger partial charge in [0.1, 0.15) is 0 Å². The largest absolute Gasteiger partial charge is 0.309 e. The maximum atomic E-state index is 3.59. The highest BCUT2D eigenvalue weighted by molar-refractivity contribution is 9.11. The quantitative estimate of drug-likeness (QED) is 0.849. The number of halogens is 1. The monoisotopic (exact) mass is 275 g/mol. The summed E-state index contributed by atoms with van der Waals surface area (Å²) in [5.74, 6) is 0.645. The Morgan fingerprint density at radius 3 is 2.57 bits per heavy atom. The second-order valence-corrected chi connectivity index (χ2v) is 6.31. The highest BCUT2D eigenvalue weighted by Crippen LogP contribution is 2.31. The summed E-state index contributed by atoms with van der Waals surface area (Å²) < 4.78 is 1.22. The first kappa shape index (κ1) is 12.2. The van der Waals surface area contributed by atoms with E-state index >= 15 is 0 Å².